The van der Waals surface area contributed by atoms with E-state index in [9.17, 15) is 35.1 Å². The SMILES string of the molecule is Cn1nc(C(F)(F)C(F)(F)F)c(C(F)(F)F)c1C1CC=C(B2OC(C)(C)C(C)(C)O2)C=N1. The molecule has 1 unspecified atom stereocenters. The first-order valence-corrected chi connectivity index (χ1v) is 9.47. The fourth-order valence-electron chi connectivity index (χ4n) is 3.41. The first kappa shape index (κ1) is 24.7. The van der Waals surface area contributed by atoms with Crippen LogP contribution >= 0.6 is 0 Å². The number of hydrogen-bond donors (Lipinski definition) is 0. The van der Waals surface area contributed by atoms with Crippen molar-refractivity contribution in [1.82, 2.24) is 9.78 Å². The van der Waals surface area contributed by atoms with Crippen LogP contribution in [0.25, 0.3) is 0 Å². The molecule has 2 aliphatic rings. The summed E-state index contributed by atoms with van der Waals surface area (Å²) in [6, 6.07) is -1.38. The maximum Gasteiger partial charge on any atom is 0.496 e. The number of allylic oxidation sites excluding steroid dienone is 1. The van der Waals surface area contributed by atoms with Crippen LogP contribution in [0, 0.1) is 0 Å². The molecule has 0 aromatic carbocycles. The summed E-state index contributed by atoms with van der Waals surface area (Å²) in [6.45, 7) is 7.18. The van der Waals surface area contributed by atoms with Gasteiger partial charge in [0.1, 0.15) is 5.56 Å². The number of aryl methyl sites for hydroxylation is 1. The van der Waals surface area contributed by atoms with Crippen LogP contribution in [0.3, 0.4) is 0 Å². The summed E-state index contributed by atoms with van der Waals surface area (Å²) < 4.78 is 119. The van der Waals surface area contributed by atoms with E-state index in [2.05, 4.69) is 10.1 Å². The molecule has 14 heteroatoms. The average molecular weight is 473 g/mol. The Morgan fingerprint density at radius 1 is 1.00 bits per heavy atom. The molecule has 3 heterocycles. The van der Waals surface area contributed by atoms with Crippen molar-refractivity contribution in [1.29, 1.82) is 0 Å². The van der Waals surface area contributed by atoms with E-state index in [1.54, 1.807) is 27.7 Å². The van der Waals surface area contributed by atoms with Gasteiger partial charge in [-0.25, -0.2) is 0 Å². The lowest BCUT2D eigenvalue weighted by Gasteiger charge is -2.32. The van der Waals surface area contributed by atoms with Crippen molar-refractivity contribution in [2.75, 3.05) is 0 Å². The van der Waals surface area contributed by atoms with Gasteiger partial charge in [-0.1, -0.05) is 6.08 Å². The molecule has 0 aliphatic carbocycles. The Morgan fingerprint density at radius 3 is 1.94 bits per heavy atom. The van der Waals surface area contributed by atoms with Gasteiger partial charge in [0.2, 0.25) is 0 Å². The lowest BCUT2D eigenvalue weighted by Crippen LogP contribution is -2.41. The van der Waals surface area contributed by atoms with Crippen LogP contribution < -0.4 is 0 Å². The lowest BCUT2D eigenvalue weighted by atomic mass is 9.76. The molecule has 1 saturated heterocycles. The van der Waals surface area contributed by atoms with Gasteiger partial charge in [-0.3, -0.25) is 9.67 Å². The number of nitrogens with zero attached hydrogens (tertiary/aromatic N) is 3. The standard InChI is InChI=1S/C18H20BF8N3O2/c1-14(2)15(3,4)32-19(31-14)9-6-7-10(28-8-9)12-11(17(22,23)24)13(29-30(12)5)16(20,21)18(25,26)27/h6,8,10H,7H2,1-5H3. The van der Waals surface area contributed by atoms with Gasteiger partial charge in [-0.05, 0) is 39.6 Å². The van der Waals surface area contributed by atoms with E-state index in [0.717, 1.165) is 7.05 Å². The summed E-state index contributed by atoms with van der Waals surface area (Å²) in [7, 11) is 0.00668. The summed E-state index contributed by atoms with van der Waals surface area (Å²) in [5.74, 6) is -5.80. The monoisotopic (exact) mass is 473 g/mol. The largest absolute Gasteiger partial charge is 0.496 e. The van der Waals surface area contributed by atoms with Crippen molar-refractivity contribution in [3.63, 3.8) is 0 Å². The van der Waals surface area contributed by atoms with Gasteiger partial charge in [0.05, 0.1) is 22.9 Å². The molecule has 178 valence electrons. The summed E-state index contributed by atoms with van der Waals surface area (Å²) in [5, 5.41) is 2.91. The topological polar surface area (TPSA) is 48.6 Å². The molecular formula is C18H20BF8N3O2. The minimum atomic E-state index is -6.25. The molecule has 0 saturated carbocycles. The fraction of sp³-hybridized carbons (Fsp3) is 0.667. The van der Waals surface area contributed by atoms with Gasteiger partial charge in [0.25, 0.3) is 0 Å². The van der Waals surface area contributed by atoms with Crippen molar-refractivity contribution < 1.29 is 44.4 Å². The number of aliphatic imine (C=N–C) groups is 1. The molecule has 2 aliphatic heterocycles. The zero-order chi connectivity index (χ0) is 24.5. The normalized spacial score (nSPS) is 23.6. The highest BCUT2D eigenvalue weighted by Gasteiger charge is 2.64. The Hall–Kier alpha value is -1.96. The molecule has 0 N–H and O–H groups in total. The third-order valence-electron chi connectivity index (χ3n) is 5.85. The van der Waals surface area contributed by atoms with Crippen LogP contribution in [0.4, 0.5) is 35.1 Å². The molecule has 0 spiro atoms. The molecule has 1 atom stereocenters. The summed E-state index contributed by atoms with van der Waals surface area (Å²) >= 11 is 0. The van der Waals surface area contributed by atoms with Crippen LogP contribution in [0.1, 0.15) is 57.1 Å². The van der Waals surface area contributed by atoms with Gasteiger partial charge >= 0.3 is 25.4 Å². The molecule has 1 fully saturated rings. The second-order valence-electron chi connectivity index (χ2n) is 8.62. The summed E-state index contributed by atoms with van der Waals surface area (Å²) in [4.78, 5) is 3.97. The first-order chi connectivity index (χ1) is 14.3. The van der Waals surface area contributed by atoms with E-state index >= 15 is 0 Å². The van der Waals surface area contributed by atoms with Crippen molar-refractivity contribution in [2.45, 2.75) is 69.6 Å². The third-order valence-corrected chi connectivity index (χ3v) is 5.85. The second kappa shape index (κ2) is 7.27. The van der Waals surface area contributed by atoms with Crippen LogP contribution in [0.5, 0.6) is 0 Å². The number of hydrogen-bond acceptors (Lipinski definition) is 4. The Kier molecular flexibility index (Phi) is 5.61. The molecule has 3 rings (SSSR count). The summed E-state index contributed by atoms with van der Waals surface area (Å²) in [5.41, 5.74) is -6.41. The third kappa shape index (κ3) is 3.95. The van der Waals surface area contributed by atoms with E-state index in [4.69, 9.17) is 9.31 Å². The van der Waals surface area contributed by atoms with Crippen LogP contribution in [-0.4, -0.2) is 40.5 Å². The zero-order valence-corrected chi connectivity index (χ0v) is 17.7. The van der Waals surface area contributed by atoms with Gasteiger partial charge in [0.15, 0.2) is 5.69 Å². The second-order valence-corrected chi connectivity index (χ2v) is 8.62. The molecule has 32 heavy (non-hydrogen) atoms. The van der Waals surface area contributed by atoms with Crippen molar-refractivity contribution in [3.8, 4) is 0 Å². The number of alkyl halides is 8. The van der Waals surface area contributed by atoms with E-state index in [1.807, 2.05) is 0 Å². The van der Waals surface area contributed by atoms with Crippen molar-refractivity contribution in [3.05, 3.63) is 28.5 Å². The average Bonchev–Trinajstić information content (AvgIpc) is 3.08. The Labute approximate surface area is 178 Å². The van der Waals surface area contributed by atoms with E-state index in [0.29, 0.717) is 10.2 Å². The molecule has 5 nitrogen and oxygen atoms in total. The van der Waals surface area contributed by atoms with Crippen LogP contribution in [0.2, 0.25) is 0 Å². The lowest BCUT2D eigenvalue weighted by molar-refractivity contribution is -0.292. The quantitative estimate of drug-likeness (QED) is 0.450. The number of rotatable bonds is 3. The molecule has 0 bridgehead atoms. The van der Waals surface area contributed by atoms with E-state index in [-0.39, 0.29) is 6.42 Å². The maximum absolute atomic E-state index is 13.8. The highest BCUT2D eigenvalue weighted by atomic mass is 19.4. The highest BCUT2D eigenvalue weighted by molar-refractivity contribution is 6.60. The number of halogens is 8. The minimum Gasteiger partial charge on any atom is -0.399 e. The van der Waals surface area contributed by atoms with E-state index in [1.165, 1.54) is 12.3 Å². The molecule has 1 aromatic heterocycles. The smallest absolute Gasteiger partial charge is 0.399 e. The molecule has 0 amide bonds. The Bertz CT molecular complexity index is 947. The number of dihydropyridines is 1. The van der Waals surface area contributed by atoms with Gasteiger partial charge < -0.3 is 9.31 Å². The van der Waals surface area contributed by atoms with Gasteiger partial charge in [-0.2, -0.15) is 40.2 Å². The minimum absolute atomic E-state index is 0.213. The predicted octanol–water partition coefficient (Wildman–Crippen LogP) is 5.17. The Balaban J connectivity index is 1.97. The van der Waals surface area contributed by atoms with E-state index < -0.39 is 59.6 Å². The van der Waals surface area contributed by atoms with Crippen molar-refractivity contribution in [2.24, 2.45) is 12.0 Å². The maximum atomic E-state index is 13.8. The first-order valence-electron chi connectivity index (χ1n) is 9.47. The van der Waals surface area contributed by atoms with Crippen LogP contribution in [-0.2, 0) is 28.5 Å². The van der Waals surface area contributed by atoms with Gasteiger partial charge in [0, 0.05) is 13.3 Å². The Morgan fingerprint density at radius 2 is 1.53 bits per heavy atom. The van der Waals surface area contributed by atoms with Crippen LogP contribution in [0.15, 0.2) is 16.5 Å². The summed E-state index contributed by atoms with van der Waals surface area (Å²) in [6.07, 6.45) is -9.35. The molecule has 0 radical (unpaired) electrons. The van der Waals surface area contributed by atoms with Gasteiger partial charge in [-0.15, -0.1) is 0 Å². The highest BCUT2D eigenvalue weighted by Crippen LogP contribution is 2.50. The molecular weight excluding hydrogens is 453 g/mol. The molecule has 1 aromatic rings. The zero-order valence-electron chi connectivity index (χ0n) is 17.7. The number of aromatic nitrogens is 2. The fourth-order valence-corrected chi connectivity index (χ4v) is 3.41. The van der Waals surface area contributed by atoms with Crippen molar-refractivity contribution >= 4 is 13.3 Å². The predicted molar refractivity (Wildman–Crippen MR) is 98.2 cm³/mol.